The first-order valence-corrected chi connectivity index (χ1v) is 7.13. The van der Waals surface area contributed by atoms with E-state index < -0.39 is 0 Å². The van der Waals surface area contributed by atoms with Crippen LogP contribution in [0.25, 0.3) is 11.0 Å². The molecule has 0 aliphatic carbocycles. The number of nitrogens with zero attached hydrogens (tertiary/aromatic N) is 3. The van der Waals surface area contributed by atoms with Crippen molar-refractivity contribution in [3.8, 4) is 0 Å². The normalized spacial score (nSPS) is 13.1. The van der Waals surface area contributed by atoms with Gasteiger partial charge in [-0.2, -0.15) is 5.10 Å². The van der Waals surface area contributed by atoms with Crippen LogP contribution in [0.3, 0.4) is 0 Å². The number of hydrogen-bond acceptors (Lipinski definition) is 3. The molecule has 4 heteroatoms. The smallest absolute Gasteiger partial charge is 0.157 e. The highest BCUT2D eigenvalue weighted by molar-refractivity contribution is 5.78. The lowest BCUT2D eigenvalue weighted by atomic mass is 10.1. The zero-order chi connectivity index (χ0) is 13.8. The molecule has 0 amide bonds. The summed E-state index contributed by atoms with van der Waals surface area (Å²) < 4.78 is 1.84. The van der Waals surface area contributed by atoms with Crippen LogP contribution < -0.4 is 5.32 Å². The predicted molar refractivity (Wildman–Crippen MR) is 79.1 cm³/mol. The second-order valence-corrected chi connectivity index (χ2v) is 5.35. The third kappa shape index (κ3) is 3.32. The Kier molecular flexibility index (Phi) is 4.53. The van der Waals surface area contributed by atoms with Gasteiger partial charge < -0.3 is 5.32 Å². The minimum Gasteiger partial charge on any atom is -0.310 e. The summed E-state index contributed by atoms with van der Waals surface area (Å²) in [7, 11) is 1.94. The van der Waals surface area contributed by atoms with Crippen LogP contribution in [-0.2, 0) is 13.6 Å². The molecular weight excluding hydrogens is 236 g/mol. The van der Waals surface area contributed by atoms with Crippen LogP contribution in [0.2, 0.25) is 0 Å². The molecule has 0 saturated heterocycles. The van der Waals surface area contributed by atoms with Gasteiger partial charge in [-0.05, 0) is 31.9 Å². The number of aromatic nitrogens is 3. The maximum absolute atomic E-state index is 4.50. The Morgan fingerprint density at radius 3 is 2.95 bits per heavy atom. The zero-order valence-corrected chi connectivity index (χ0v) is 12.4. The molecule has 0 bridgehead atoms. The standard InChI is InChI=1S/C15H24N4/c1-5-6-7-11(2)16-9-13-8-14-12(3)18-19(4)15(14)17-10-13/h8,10-11,16H,5-7,9H2,1-4H3. The molecular formula is C15H24N4. The Labute approximate surface area is 115 Å². The maximum atomic E-state index is 4.50. The summed E-state index contributed by atoms with van der Waals surface area (Å²) >= 11 is 0. The second-order valence-electron chi connectivity index (χ2n) is 5.35. The number of unbranched alkanes of at least 4 members (excludes halogenated alkanes) is 1. The summed E-state index contributed by atoms with van der Waals surface area (Å²) in [4.78, 5) is 4.50. The topological polar surface area (TPSA) is 42.7 Å². The molecule has 0 spiro atoms. The Hall–Kier alpha value is -1.42. The summed E-state index contributed by atoms with van der Waals surface area (Å²) in [6.07, 6.45) is 5.72. The number of nitrogens with one attached hydrogen (secondary N) is 1. The fraction of sp³-hybridized carbons (Fsp3) is 0.600. The Balaban J connectivity index is 2.03. The van der Waals surface area contributed by atoms with E-state index in [0.29, 0.717) is 6.04 Å². The van der Waals surface area contributed by atoms with E-state index in [0.717, 1.165) is 23.3 Å². The van der Waals surface area contributed by atoms with E-state index in [4.69, 9.17) is 0 Å². The van der Waals surface area contributed by atoms with Crippen molar-refractivity contribution in [1.82, 2.24) is 20.1 Å². The number of hydrogen-bond donors (Lipinski definition) is 1. The van der Waals surface area contributed by atoms with Crippen molar-refractivity contribution in [2.45, 2.75) is 52.6 Å². The van der Waals surface area contributed by atoms with Gasteiger partial charge >= 0.3 is 0 Å². The highest BCUT2D eigenvalue weighted by Gasteiger charge is 2.07. The molecule has 1 N–H and O–H groups in total. The molecule has 19 heavy (non-hydrogen) atoms. The second kappa shape index (κ2) is 6.15. The first-order valence-electron chi connectivity index (χ1n) is 7.13. The molecule has 2 aromatic rings. The van der Waals surface area contributed by atoms with Gasteiger partial charge in [-0.3, -0.25) is 4.68 Å². The van der Waals surface area contributed by atoms with Gasteiger partial charge in [0, 0.05) is 31.2 Å². The van der Waals surface area contributed by atoms with Gasteiger partial charge in [0.25, 0.3) is 0 Å². The van der Waals surface area contributed by atoms with Crippen LogP contribution in [0.5, 0.6) is 0 Å². The van der Waals surface area contributed by atoms with Crippen molar-refractivity contribution in [3.63, 3.8) is 0 Å². The number of fused-ring (bicyclic) bond motifs is 1. The molecule has 0 fully saturated rings. The third-order valence-corrected chi connectivity index (χ3v) is 3.56. The van der Waals surface area contributed by atoms with Crippen molar-refractivity contribution < 1.29 is 0 Å². The van der Waals surface area contributed by atoms with Crippen molar-refractivity contribution in [1.29, 1.82) is 0 Å². The molecule has 0 aliphatic rings. The molecule has 1 unspecified atom stereocenters. The van der Waals surface area contributed by atoms with Gasteiger partial charge in [0.2, 0.25) is 0 Å². The monoisotopic (exact) mass is 260 g/mol. The first kappa shape index (κ1) is 14.0. The molecule has 0 aromatic carbocycles. The van der Waals surface area contributed by atoms with E-state index in [-0.39, 0.29) is 0 Å². The summed E-state index contributed by atoms with van der Waals surface area (Å²) in [6, 6.07) is 2.76. The fourth-order valence-electron chi connectivity index (χ4n) is 2.35. The summed E-state index contributed by atoms with van der Waals surface area (Å²) in [6.45, 7) is 7.39. The van der Waals surface area contributed by atoms with Gasteiger partial charge in [0.05, 0.1) is 5.69 Å². The van der Waals surface area contributed by atoms with Crippen LogP contribution in [0.15, 0.2) is 12.3 Å². The van der Waals surface area contributed by atoms with E-state index in [9.17, 15) is 0 Å². The number of pyridine rings is 1. The molecule has 4 nitrogen and oxygen atoms in total. The molecule has 2 rings (SSSR count). The average Bonchev–Trinajstić information content (AvgIpc) is 2.69. The molecule has 1 atom stereocenters. The predicted octanol–water partition coefficient (Wildman–Crippen LogP) is 2.95. The first-order chi connectivity index (χ1) is 9.11. The molecule has 0 aliphatic heterocycles. The minimum atomic E-state index is 0.561. The van der Waals surface area contributed by atoms with Crippen LogP contribution in [-0.4, -0.2) is 20.8 Å². The van der Waals surface area contributed by atoms with E-state index >= 15 is 0 Å². The van der Waals surface area contributed by atoms with Crippen molar-refractivity contribution in [2.24, 2.45) is 7.05 Å². The van der Waals surface area contributed by atoms with Gasteiger partial charge in [-0.15, -0.1) is 0 Å². The van der Waals surface area contributed by atoms with Crippen LogP contribution in [0, 0.1) is 6.92 Å². The Morgan fingerprint density at radius 2 is 2.21 bits per heavy atom. The lowest BCUT2D eigenvalue weighted by molar-refractivity contribution is 0.494. The quantitative estimate of drug-likeness (QED) is 0.868. The van der Waals surface area contributed by atoms with E-state index in [1.807, 2.05) is 24.9 Å². The highest BCUT2D eigenvalue weighted by atomic mass is 15.3. The molecule has 104 valence electrons. The summed E-state index contributed by atoms with van der Waals surface area (Å²) in [5, 5.41) is 9.11. The third-order valence-electron chi connectivity index (χ3n) is 3.56. The van der Waals surface area contributed by atoms with Gasteiger partial charge in [0.15, 0.2) is 5.65 Å². The molecule has 0 radical (unpaired) electrons. The van der Waals surface area contributed by atoms with Gasteiger partial charge in [0.1, 0.15) is 0 Å². The van der Waals surface area contributed by atoms with Crippen molar-refractivity contribution >= 4 is 11.0 Å². The van der Waals surface area contributed by atoms with Crippen molar-refractivity contribution in [3.05, 3.63) is 23.5 Å². The number of rotatable bonds is 6. The largest absolute Gasteiger partial charge is 0.310 e. The molecule has 2 aromatic heterocycles. The Morgan fingerprint density at radius 1 is 1.42 bits per heavy atom. The summed E-state index contributed by atoms with van der Waals surface area (Å²) in [5.74, 6) is 0. The van der Waals surface area contributed by atoms with E-state index in [1.165, 1.54) is 24.8 Å². The summed E-state index contributed by atoms with van der Waals surface area (Å²) in [5.41, 5.74) is 3.23. The average molecular weight is 260 g/mol. The van der Waals surface area contributed by atoms with Crippen molar-refractivity contribution in [2.75, 3.05) is 0 Å². The Bertz CT molecular complexity index is 544. The van der Waals surface area contributed by atoms with Gasteiger partial charge in [-0.25, -0.2) is 4.98 Å². The molecule has 0 saturated carbocycles. The van der Waals surface area contributed by atoms with Crippen LogP contribution >= 0.6 is 0 Å². The van der Waals surface area contributed by atoms with Gasteiger partial charge in [-0.1, -0.05) is 19.8 Å². The van der Waals surface area contributed by atoms with Crippen LogP contribution in [0.1, 0.15) is 44.4 Å². The number of aryl methyl sites for hydroxylation is 2. The van der Waals surface area contributed by atoms with E-state index in [1.54, 1.807) is 0 Å². The fourth-order valence-corrected chi connectivity index (χ4v) is 2.35. The zero-order valence-electron chi connectivity index (χ0n) is 12.4. The lowest BCUT2D eigenvalue weighted by Crippen LogP contribution is -2.25. The minimum absolute atomic E-state index is 0.561. The lowest BCUT2D eigenvalue weighted by Gasteiger charge is -2.13. The highest BCUT2D eigenvalue weighted by Crippen LogP contribution is 2.16. The van der Waals surface area contributed by atoms with Crippen LogP contribution in [0.4, 0.5) is 0 Å². The molecule has 2 heterocycles. The maximum Gasteiger partial charge on any atom is 0.157 e. The SMILES string of the molecule is CCCCC(C)NCc1cnc2c(c1)c(C)nn2C. The van der Waals surface area contributed by atoms with E-state index in [2.05, 4.69) is 35.3 Å².